The Morgan fingerprint density at radius 1 is 1.47 bits per heavy atom. The maximum atomic E-state index is 11.1. The SMILES string of the molecule is O=C([O-])CNC(=O)CSc1ccccn1. The molecule has 1 rings (SSSR count). The first-order chi connectivity index (χ1) is 7.18. The molecule has 0 bridgehead atoms. The zero-order valence-corrected chi connectivity index (χ0v) is 8.62. The van der Waals surface area contributed by atoms with Crippen LogP contribution in [0.3, 0.4) is 0 Å². The van der Waals surface area contributed by atoms with Crippen LogP contribution in [0.2, 0.25) is 0 Å². The molecule has 0 aromatic carbocycles. The molecule has 0 atom stereocenters. The van der Waals surface area contributed by atoms with Crippen LogP contribution in [0.1, 0.15) is 0 Å². The van der Waals surface area contributed by atoms with Gasteiger partial charge >= 0.3 is 0 Å². The number of carboxylic acids is 1. The minimum absolute atomic E-state index is 0.143. The van der Waals surface area contributed by atoms with E-state index in [1.165, 1.54) is 11.8 Å². The lowest BCUT2D eigenvalue weighted by molar-refractivity contribution is -0.303. The number of carboxylic acid groups (broad SMARTS) is 1. The number of aliphatic carboxylic acids is 1. The minimum Gasteiger partial charge on any atom is -0.548 e. The van der Waals surface area contributed by atoms with Gasteiger partial charge < -0.3 is 15.2 Å². The summed E-state index contributed by atoms with van der Waals surface area (Å²) in [6.45, 7) is -0.457. The van der Waals surface area contributed by atoms with Crippen molar-refractivity contribution in [2.45, 2.75) is 5.03 Å². The van der Waals surface area contributed by atoms with Crippen LogP contribution in [-0.2, 0) is 9.59 Å². The summed E-state index contributed by atoms with van der Waals surface area (Å²) in [6.07, 6.45) is 1.63. The number of carbonyl (C=O) groups excluding carboxylic acids is 2. The first-order valence-corrected chi connectivity index (χ1v) is 5.17. The molecule has 0 saturated carbocycles. The Hall–Kier alpha value is -1.56. The highest BCUT2D eigenvalue weighted by Crippen LogP contribution is 2.12. The van der Waals surface area contributed by atoms with Crippen LogP contribution in [0, 0.1) is 0 Å². The molecule has 5 nitrogen and oxygen atoms in total. The van der Waals surface area contributed by atoms with Gasteiger partial charge in [-0.05, 0) is 12.1 Å². The third-order valence-electron chi connectivity index (χ3n) is 1.42. The molecule has 1 aromatic rings. The van der Waals surface area contributed by atoms with E-state index in [2.05, 4.69) is 10.3 Å². The quantitative estimate of drug-likeness (QED) is 0.653. The molecule has 6 heteroatoms. The van der Waals surface area contributed by atoms with Gasteiger partial charge in [0, 0.05) is 6.20 Å². The summed E-state index contributed by atoms with van der Waals surface area (Å²) in [4.78, 5) is 25.1. The molecule has 1 N–H and O–H groups in total. The van der Waals surface area contributed by atoms with E-state index in [0.29, 0.717) is 0 Å². The smallest absolute Gasteiger partial charge is 0.230 e. The Balaban J connectivity index is 2.26. The molecule has 0 unspecified atom stereocenters. The third kappa shape index (κ3) is 5.02. The molecule has 0 aliphatic rings. The second kappa shape index (κ2) is 6.02. The fourth-order valence-corrected chi connectivity index (χ4v) is 1.48. The normalized spacial score (nSPS) is 9.60. The van der Waals surface area contributed by atoms with Gasteiger partial charge in [0.15, 0.2) is 0 Å². The Morgan fingerprint density at radius 3 is 2.87 bits per heavy atom. The number of rotatable bonds is 5. The number of nitrogens with one attached hydrogen (secondary N) is 1. The third-order valence-corrected chi connectivity index (χ3v) is 2.36. The summed E-state index contributed by atoms with van der Waals surface area (Å²) in [5, 5.41) is 13.0. The van der Waals surface area contributed by atoms with Crippen LogP contribution >= 0.6 is 11.8 Å². The van der Waals surface area contributed by atoms with Crippen molar-refractivity contribution in [3.05, 3.63) is 24.4 Å². The van der Waals surface area contributed by atoms with Crippen LogP contribution in [0.4, 0.5) is 0 Å². The molecular weight excluding hydrogens is 216 g/mol. The first-order valence-electron chi connectivity index (χ1n) is 4.19. The second-order valence-corrected chi connectivity index (χ2v) is 3.60. The van der Waals surface area contributed by atoms with E-state index >= 15 is 0 Å². The summed E-state index contributed by atoms with van der Waals surface area (Å²) in [7, 11) is 0. The summed E-state index contributed by atoms with van der Waals surface area (Å²) in [5.74, 6) is -1.51. The van der Waals surface area contributed by atoms with Crippen molar-refractivity contribution in [3.8, 4) is 0 Å². The van der Waals surface area contributed by atoms with Crippen molar-refractivity contribution >= 4 is 23.6 Å². The van der Waals surface area contributed by atoms with E-state index < -0.39 is 12.5 Å². The molecule has 1 aromatic heterocycles. The molecule has 0 aliphatic heterocycles. The zero-order valence-electron chi connectivity index (χ0n) is 7.80. The fourth-order valence-electron chi connectivity index (χ4n) is 0.794. The first kappa shape index (κ1) is 11.5. The molecule has 1 amide bonds. The highest BCUT2D eigenvalue weighted by atomic mass is 32.2. The number of aromatic nitrogens is 1. The van der Waals surface area contributed by atoms with Crippen molar-refractivity contribution in [2.24, 2.45) is 0 Å². The van der Waals surface area contributed by atoms with Crippen LogP contribution in [-0.4, -0.2) is 29.2 Å². The Bertz CT molecular complexity index is 342. The predicted octanol–water partition coefficient (Wildman–Crippen LogP) is -0.960. The van der Waals surface area contributed by atoms with Crippen molar-refractivity contribution in [1.29, 1.82) is 0 Å². The maximum Gasteiger partial charge on any atom is 0.230 e. The van der Waals surface area contributed by atoms with Crippen LogP contribution in [0.25, 0.3) is 0 Å². The largest absolute Gasteiger partial charge is 0.548 e. The monoisotopic (exact) mass is 225 g/mol. The Kier molecular flexibility index (Phi) is 4.62. The highest BCUT2D eigenvalue weighted by molar-refractivity contribution is 7.99. The molecule has 0 saturated heterocycles. The second-order valence-electron chi connectivity index (χ2n) is 2.61. The minimum atomic E-state index is -1.30. The fraction of sp³-hybridized carbons (Fsp3) is 0.222. The van der Waals surface area contributed by atoms with Crippen LogP contribution in [0.5, 0.6) is 0 Å². The summed E-state index contributed by atoms with van der Waals surface area (Å²) < 4.78 is 0. The number of thioether (sulfide) groups is 1. The lowest BCUT2D eigenvalue weighted by Gasteiger charge is -2.04. The number of carbonyl (C=O) groups is 2. The maximum absolute atomic E-state index is 11.1. The van der Waals surface area contributed by atoms with Gasteiger partial charge in [-0.1, -0.05) is 17.8 Å². The Morgan fingerprint density at radius 2 is 2.27 bits per heavy atom. The van der Waals surface area contributed by atoms with Crippen molar-refractivity contribution in [3.63, 3.8) is 0 Å². The molecule has 15 heavy (non-hydrogen) atoms. The summed E-state index contributed by atoms with van der Waals surface area (Å²) in [5.41, 5.74) is 0. The average Bonchev–Trinajstić information content (AvgIpc) is 2.25. The lowest BCUT2D eigenvalue weighted by Crippen LogP contribution is -2.38. The van der Waals surface area contributed by atoms with Crippen LogP contribution < -0.4 is 10.4 Å². The van der Waals surface area contributed by atoms with E-state index in [1.807, 2.05) is 6.07 Å². The number of amides is 1. The molecule has 0 spiro atoms. The predicted molar refractivity (Wildman–Crippen MR) is 53.0 cm³/mol. The standard InChI is InChI=1S/C9H10N2O3S/c12-7(11-5-9(13)14)6-15-8-3-1-2-4-10-8/h1-4H,5-6H2,(H,11,12)(H,13,14)/p-1. The van der Waals surface area contributed by atoms with E-state index in [-0.39, 0.29) is 11.7 Å². The number of nitrogens with zero attached hydrogens (tertiary/aromatic N) is 1. The zero-order chi connectivity index (χ0) is 11.1. The molecule has 0 radical (unpaired) electrons. The van der Waals surface area contributed by atoms with Crippen molar-refractivity contribution in [1.82, 2.24) is 10.3 Å². The number of hydrogen-bond acceptors (Lipinski definition) is 5. The summed E-state index contributed by atoms with van der Waals surface area (Å²) >= 11 is 1.24. The van der Waals surface area contributed by atoms with Gasteiger partial charge in [-0.15, -0.1) is 0 Å². The van der Waals surface area contributed by atoms with Gasteiger partial charge in [0.05, 0.1) is 23.3 Å². The van der Waals surface area contributed by atoms with E-state index in [0.717, 1.165) is 5.03 Å². The molecule has 1 heterocycles. The average molecular weight is 225 g/mol. The van der Waals surface area contributed by atoms with E-state index in [1.54, 1.807) is 18.3 Å². The Labute approximate surface area is 90.9 Å². The number of hydrogen-bond donors (Lipinski definition) is 1. The lowest BCUT2D eigenvalue weighted by atomic mass is 10.5. The van der Waals surface area contributed by atoms with Crippen LogP contribution in [0.15, 0.2) is 29.4 Å². The molecule has 0 fully saturated rings. The van der Waals surface area contributed by atoms with Gasteiger partial charge in [0.25, 0.3) is 0 Å². The topological polar surface area (TPSA) is 82.1 Å². The molecular formula is C9H9N2O3S-. The highest BCUT2D eigenvalue weighted by Gasteiger charge is 2.02. The van der Waals surface area contributed by atoms with E-state index in [4.69, 9.17) is 0 Å². The summed E-state index contributed by atoms with van der Waals surface area (Å²) in [6, 6.07) is 5.37. The van der Waals surface area contributed by atoms with Gasteiger partial charge in [0.2, 0.25) is 5.91 Å². The van der Waals surface area contributed by atoms with E-state index in [9.17, 15) is 14.7 Å². The molecule has 80 valence electrons. The molecule has 0 aliphatic carbocycles. The number of pyridine rings is 1. The van der Waals surface area contributed by atoms with Gasteiger partial charge in [-0.2, -0.15) is 0 Å². The van der Waals surface area contributed by atoms with Crippen molar-refractivity contribution < 1.29 is 14.7 Å². The van der Waals surface area contributed by atoms with Gasteiger partial charge in [-0.3, -0.25) is 4.79 Å². The van der Waals surface area contributed by atoms with Gasteiger partial charge in [-0.25, -0.2) is 4.98 Å². The van der Waals surface area contributed by atoms with Gasteiger partial charge in [0.1, 0.15) is 0 Å². The van der Waals surface area contributed by atoms with Crippen molar-refractivity contribution in [2.75, 3.05) is 12.3 Å².